The van der Waals surface area contributed by atoms with Crippen molar-refractivity contribution in [1.82, 2.24) is 5.43 Å². The SMILES string of the molecule is C/C(=N/NC(=O)CC12CC3CC(CC(C3)C1)C2)c1ccc2c(c1)NC(=O)CO2. The predicted octanol–water partition coefficient (Wildman–Crippen LogP) is 3.46. The number of nitrogens with zero attached hydrogens (tertiary/aromatic N) is 1. The van der Waals surface area contributed by atoms with E-state index < -0.39 is 0 Å². The summed E-state index contributed by atoms with van der Waals surface area (Å²) in [5.74, 6) is 3.05. The van der Waals surface area contributed by atoms with Gasteiger partial charge in [0.05, 0.1) is 11.4 Å². The molecule has 0 atom stereocenters. The molecule has 5 aliphatic rings. The Hall–Kier alpha value is -2.37. The van der Waals surface area contributed by atoms with Gasteiger partial charge in [-0.05, 0) is 92.4 Å². The first-order valence-corrected chi connectivity index (χ1v) is 10.4. The molecule has 0 unspecified atom stereocenters. The molecule has 4 bridgehead atoms. The Kier molecular flexibility index (Phi) is 4.18. The van der Waals surface area contributed by atoms with Crippen LogP contribution in [0.2, 0.25) is 0 Å². The largest absolute Gasteiger partial charge is 0.482 e. The molecule has 0 saturated heterocycles. The Balaban J connectivity index is 1.24. The lowest BCUT2D eigenvalue weighted by molar-refractivity contribution is -0.129. The highest BCUT2D eigenvalue weighted by Gasteiger charge is 2.51. The third-order valence-electron chi connectivity index (χ3n) is 7.08. The van der Waals surface area contributed by atoms with E-state index in [9.17, 15) is 9.59 Å². The highest BCUT2D eigenvalue weighted by atomic mass is 16.5. The number of carbonyl (C=O) groups is 2. The van der Waals surface area contributed by atoms with Crippen molar-refractivity contribution < 1.29 is 14.3 Å². The van der Waals surface area contributed by atoms with Crippen LogP contribution in [-0.4, -0.2) is 24.1 Å². The summed E-state index contributed by atoms with van der Waals surface area (Å²) in [7, 11) is 0. The number of ether oxygens (including phenoxy) is 1. The van der Waals surface area contributed by atoms with Crippen molar-refractivity contribution >= 4 is 23.2 Å². The first-order valence-electron chi connectivity index (χ1n) is 10.4. The van der Waals surface area contributed by atoms with Crippen LogP contribution in [0.25, 0.3) is 0 Å². The second-order valence-electron chi connectivity index (χ2n) is 9.37. The molecule has 1 heterocycles. The first kappa shape index (κ1) is 17.7. The highest BCUT2D eigenvalue weighted by molar-refractivity contribution is 6.02. The third kappa shape index (κ3) is 3.29. The molecular weight excluding hydrogens is 354 g/mol. The van der Waals surface area contributed by atoms with Gasteiger partial charge < -0.3 is 10.1 Å². The van der Waals surface area contributed by atoms with Gasteiger partial charge in [0.2, 0.25) is 5.91 Å². The number of carbonyl (C=O) groups excluding carboxylic acids is 2. The first-order chi connectivity index (χ1) is 13.5. The van der Waals surface area contributed by atoms with Crippen molar-refractivity contribution in [3.8, 4) is 5.75 Å². The van der Waals surface area contributed by atoms with Crippen LogP contribution >= 0.6 is 0 Å². The number of hydrogen-bond acceptors (Lipinski definition) is 4. The van der Waals surface area contributed by atoms with Crippen molar-refractivity contribution in [1.29, 1.82) is 0 Å². The monoisotopic (exact) mass is 381 g/mol. The molecule has 2 amide bonds. The minimum Gasteiger partial charge on any atom is -0.482 e. The lowest BCUT2D eigenvalue weighted by Crippen LogP contribution is -2.47. The summed E-state index contributed by atoms with van der Waals surface area (Å²) in [4.78, 5) is 24.1. The van der Waals surface area contributed by atoms with Gasteiger partial charge in [-0.3, -0.25) is 9.59 Å². The van der Waals surface area contributed by atoms with Gasteiger partial charge in [0.1, 0.15) is 5.75 Å². The minimum absolute atomic E-state index is 0.0240. The number of hydrogen-bond donors (Lipinski definition) is 2. The molecule has 4 aliphatic carbocycles. The molecule has 148 valence electrons. The van der Waals surface area contributed by atoms with Crippen LogP contribution in [0.15, 0.2) is 23.3 Å². The Morgan fingerprint density at radius 2 is 1.89 bits per heavy atom. The summed E-state index contributed by atoms with van der Waals surface area (Å²) in [6.45, 7) is 1.90. The van der Waals surface area contributed by atoms with Crippen LogP contribution < -0.4 is 15.5 Å². The number of fused-ring (bicyclic) bond motifs is 1. The number of nitrogens with one attached hydrogen (secondary N) is 2. The van der Waals surface area contributed by atoms with Gasteiger partial charge in [-0.25, -0.2) is 5.43 Å². The third-order valence-corrected chi connectivity index (χ3v) is 7.08. The second-order valence-corrected chi connectivity index (χ2v) is 9.37. The Morgan fingerprint density at radius 1 is 1.21 bits per heavy atom. The predicted molar refractivity (Wildman–Crippen MR) is 106 cm³/mol. The molecule has 1 aliphatic heterocycles. The summed E-state index contributed by atoms with van der Waals surface area (Å²) < 4.78 is 5.38. The van der Waals surface area contributed by atoms with Gasteiger partial charge in [-0.15, -0.1) is 0 Å². The number of amides is 2. The van der Waals surface area contributed by atoms with E-state index in [0.29, 0.717) is 23.6 Å². The van der Waals surface area contributed by atoms with Gasteiger partial charge in [0.25, 0.3) is 5.91 Å². The van der Waals surface area contributed by atoms with Crippen molar-refractivity contribution in [2.24, 2.45) is 28.3 Å². The van der Waals surface area contributed by atoms with Gasteiger partial charge >= 0.3 is 0 Å². The zero-order valence-electron chi connectivity index (χ0n) is 16.3. The van der Waals surface area contributed by atoms with E-state index in [1.54, 1.807) is 0 Å². The maximum absolute atomic E-state index is 12.6. The number of hydrazone groups is 1. The smallest absolute Gasteiger partial charge is 0.262 e. The molecule has 1 aromatic rings. The van der Waals surface area contributed by atoms with E-state index in [1.165, 1.54) is 38.5 Å². The second kappa shape index (κ2) is 6.61. The zero-order valence-corrected chi connectivity index (χ0v) is 16.3. The fourth-order valence-corrected chi connectivity index (χ4v) is 6.41. The molecule has 2 N–H and O–H groups in total. The Morgan fingerprint density at radius 3 is 2.57 bits per heavy atom. The van der Waals surface area contributed by atoms with Crippen LogP contribution in [0.4, 0.5) is 5.69 Å². The van der Waals surface area contributed by atoms with E-state index in [0.717, 1.165) is 23.3 Å². The Labute approximate surface area is 165 Å². The van der Waals surface area contributed by atoms with Crippen LogP contribution in [-0.2, 0) is 9.59 Å². The van der Waals surface area contributed by atoms with Crippen LogP contribution in [0, 0.1) is 23.2 Å². The van der Waals surface area contributed by atoms with E-state index in [1.807, 2.05) is 25.1 Å². The van der Waals surface area contributed by atoms with Crippen molar-refractivity contribution in [3.63, 3.8) is 0 Å². The summed E-state index contributed by atoms with van der Waals surface area (Å²) in [6, 6.07) is 5.54. The molecule has 28 heavy (non-hydrogen) atoms. The molecule has 1 aromatic carbocycles. The molecule has 6 nitrogen and oxygen atoms in total. The average molecular weight is 381 g/mol. The van der Waals surface area contributed by atoms with Gasteiger partial charge in [0, 0.05) is 6.42 Å². The molecule has 0 radical (unpaired) electrons. The Bertz CT molecular complexity index is 825. The standard InChI is InChI=1S/C22H27N3O3/c1-13(17-2-3-19-18(7-17)23-21(27)12-28-19)24-25-20(26)11-22-8-14-4-15(9-22)6-16(5-14)10-22/h2-3,7,14-16H,4-6,8-12H2,1H3,(H,23,27)(H,25,26)/b24-13-. The molecule has 6 rings (SSSR count). The van der Waals surface area contributed by atoms with E-state index in [-0.39, 0.29) is 23.8 Å². The van der Waals surface area contributed by atoms with Crippen LogP contribution in [0.5, 0.6) is 5.75 Å². The normalized spacial score (nSPS) is 33.1. The molecule has 4 fully saturated rings. The molecule has 6 heteroatoms. The van der Waals surface area contributed by atoms with Gasteiger partial charge in [0.15, 0.2) is 6.61 Å². The fourth-order valence-electron chi connectivity index (χ4n) is 6.41. The van der Waals surface area contributed by atoms with E-state index in [2.05, 4.69) is 15.8 Å². The lowest BCUT2D eigenvalue weighted by Gasteiger charge is -2.56. The fraction of sp³-hybridized carbons (Fsp3) is 0.591. The van der Waals surface area contributed by atoms with Crippen LogP contribution in [0.1, 0.15) is 57.4 Å². The molecule has 0 spiro atoms. The van der Waals surface area contributed by atoms with Crippen molar-refractivity contribution in [2.45, 2.75) is 51.9 Å². The maximum atomic E-state index is 12.6. The molecular formula is C22H27N3O3. The van der Waals surface area contributed by atoms with E-state index >= 15 is 0 Å². The maximum Gasteiger partial charge on any atom is 0.262 e. The quantitative estimate of drug-likeness (QED) is 0.619. The van der Waals surface area contributed by atoms with Crippen LogP contribution in [0.3, 0.4) is 0 Å². The van der Waals surface area contributed by atoms with Gasteiger partial charge in [-0.1, -0.05) is 0 Å². The highest BCUT2D eigenvalue weighted by Crippen LogP contribution is 2.61. The zero-order chi connectivity index (χ0) is 19.3. The number of benzene rings is 1. The lowest BCUT2D eigenvalue weighted by atomic mass is 9.49. The molecule has 0 aromatic heterocycles. The molecule has 4 saturated carbocycles. The topological polar surface area (TPSA) is 79.8 Å². The summed E-state index contributed by atoms with van der Waals surface area (Å²) in [6.07, 6.45) is 8.42. The minimum atomic E-state index is -0.164. The summed E-state index contributed by atoms with van der Waals surface area (Å²) in [5.41, 5.74) is 5.19. The van der Waals surface area contributed by atoms with Gasteiger partial charge in [-0.2, -0.15) is 5.10 Å². The van der Waals surface area contributed by atoms with Crippen molar-refractivity contribution in [3.05, 3.63) is 23.8 Å². The number of anilines is 1. The summed E-state index contributed by atoms with van der Waals surface area (Å²) >= 11 is 0. The van der Waals surface area contributed by atoms with Crippen molar-refractivity contribution in [2.75, 3.05) is 11.9 Å². The average Bonchev–Trinajstić information content (AvgIpc) is 2.64. The summed E-state index contributed by atoms with van der Waals surface area (Å²) in [5, 5.41) is 7.12. The number of rotatable bonds is 4. The van der Waals surface area contributed by atoms with E-state index in [4.69, 9.17) is 4.74 Å².